The molecular formula is C11H9N3. The van der Waals surface area contributed by atoms with Crippen molar-refractivity contribution in [3.63, 3.8) is 0 Å². The molecule has 0 aromatic carbocycles. The summed E-state index contributed by atoms with van der Waals surface area (Å²) in [6.07, 6.45) is 7.80. The molecule has 0 spiro atoms. The number of aliphatic imine (C=N–C) groups is 1. The van der Waals surface area contributed by atoms with Crippen LogP contribution in [-0.2, 0) is 0 Å². The first-order valence-corrected chi connectivity index (χ1v) is 4.58. The van der Waals surface area contributed by atoms with Gasteiger partial charge in [-0.2, -0.15) is 0 Å². The van der Waals surface area contributed by atoms with Crippen molar-refractivity contribution in [1.29, 1.82) is 0 Å². The van der Waals surface area contributed by atoms with Crippen LogP contribution in [0.2, 0.25) is 0 Å². The molecule has 0 fully saturated rings. The van der Waals surface area contributed by atoms with E-state index in [1.165, 1.54) is 0 Å². The van der Waals surface area contributed by atoms with Gasteiger partial charge in [0.05, 0.1) is 6.54 Å². The SMILES string of the molecule is C1=Cc2[nH]c3ncccc3c2C=NC1. The van der Waals surface area contributed by atoms with Gasteiger partial charge in [-0.05, 0) is 18.2 Å². The van der Waals surface area contributed by atoms with Gasteiger partial charge >= 0.3 is 0 Å². The van der Waals surface area contributed by atoms with Gasteiger partial charge in [0, 0.05) is 29.1 Å². The second-order valence-electron chi connectivity index (χ2n) is 3.25. The molecule has 3 nitrogen and oxygen atoms in total. The Kier molecular flexibility index (Phi) is 1.50. The van der Waals surface area contributed by atoms with Gasteiger partial charge in [0.15, 0.2) is 0 Å². The van der Waals surface area contributed by atoms with Crippen LogP contribution in [0.15, 0.2) is 29.4 Å². The summed E-state index contributed by atoms with van der Waals surface area (Å²) in [5, 5.41) is 1.14. The predicted molar refractivity (Wildman–Crippen MR) is 57.6 cm³/mol. The van der Waals surface area contributed by atoms with Crippen LogP contribution in [0.4, 0.5) is 0 Å². The van der Waals surface area contributed by atoms with Crippen molar-refractivity contribution in [2.45, 2.75) is 0 Å². The number of hydrogen-bond donors (Lipinski definition) is 1. The first-order valence-electron chi connectivity index (χ1n) is 4.58. The number of nitrogens with one attached hydrogen (secondary N) is 1. The lowest BCUT2D eigenvalue weighted by molar-refractivity contribution is 1.27. The van der Waals surface area contributed by atoms with Crippen molar-refractivity contribution in [3.8, 4) is 0 Å². The average Bonchev–Trinajstić information content (AvgIpc) is 2.42. The second-order valence-corrected chi connectivity index (χ2v) is 3.25. The third-order valence-corrected chi connectivity index (χ3v) is 2.36. The van der Waals surface area contributed by atoms with Gasteiger partial charge in [-0.3, -0.25) is 4.99 Å². The lowest BCUT2D eigenvalue weighted by atomic mass is 10.2. The van der Waals surface area contributed by atoms with Crippen molar-refractivity contribution in [1.82, 2.24) is 9.97 Å². The number of pyridine rings is 1. The highest BCUT2D eigenvalue weighted by atomic mass is 14.9. The maximum atomic E-state index is 4.27. The lowest BCUT2D eigenvalue weighted by Gasteiger charge is -1.89. The van der Waals surface area contributed by atoms with E-state index in [1.807, 2.05) is 18.4 Å². The zero-order valence-electron chi connectivity index (χ0n) is 7.57. The Morgan fingerprint density at radius 2 is 2.36 bits per heavy atom. The zero-order chi connectivity index (χ0) is 9.38. The van der Waals surface area contributed by atoms with Crippen LogP contribution in [0, 0.1) is 0 Å². The number of nitrogens with zero attached hydrogens (tertiary/aromatic N) is 2. The number of aromatic amines is 1. The minimum atomic E-state index is 0.754. The quantitative estimate of drug-likeness (QED) is 0.666. The smallest absolute Gasteiger partial charge is 0.138 e. The molecule has 0 bridgehead atoms. The number of H-pyrrole nitrogens is 1. The molecule has 0 saturated carbocycles. The fourth-order valence-electron chi connectivity index (χ4n) is 1.71. The van der Waals surface area contributed by atoms with Gasteiger partial charge in [0.25, 0.3) is 0 Å². The fourth-order valence-corrected chi connectivity index (χ4v) is 1.71. The van der Waals surface area contributed by atoms with E-state index in [0.29, 0.717) is 0 Å². The predicted octanol–water partition coefficient (Wildman–Crippen LogP) is 2.01. The van der Waals surface area contributed by atoms with E-state index >= 15 is 0 Å². The highest BCUT2D eigenvalue weighted by Gasteiger charge is 2.08. The largest absolute Gasteiger partial charge is 0.339 e. The molecular weight excluding hydrogens is 174 g/mol. The van der Waals surface area contributed by atoms with Gasteiger partial charge in [0.2, 0.25) is 0 Å². The summed E-state index contributed by atoms with van der Waals surface area (Å²) in [7, 11) is 0. The number of hydrogen-bond acceptors (Lipinski definition) is 2. The van der Waals surface area contributed by atoms with E-state index in [0.717, 1.165) is 28.8 Å². The van der Waals surface area contributed by atoms with E-state index in [2.05, 4.69) is 27.1 Å². The van der Waals surface area contributed by atoms with Gasteiger partial charge in [-0.1, -0.05) is 6.08 Å². The molecule has 3 heteroatoms. The van der Waals surface area contributed by atoms with Crippen molar-refractivity contribution in [2.75, 3.05) is 6.54 Å². The number of rotatable bonds is 0. The number of aromatic nitrogens is 2. The molecule has 1 aliphatic rings. The standard InChI is InChI=1S/C11H9N3/c1-3-8-9-7-12-5-2-4-10(9)14-11(8)13-6-1/h1-4,6-7H,5H2,(H,13,14). The van der Waals surface area contributed by atoms with E-state index in [4.69, 9.17) is 0 Å². The van der Waals surface area contributed by atoms with Crippen molar-refractivity contribution in [3.05, 3.63) is 35.7 Å². The molecule has 1 aliphatic heterocycles. The maximum absolute atomic E-state index is 4.27. The fraction of sp³-hybridized carbons (Fsp3) is 0.0909. The van der Waals surface area contributed by atoms with Crippen molar-refractivity contribution in [2.24, 2.45) is 4.99 Å². The van der Waals surface area contributed by atoms with Gasteiger partial charge < -0.3 is 4.98 Å². The van der Waals surface area contributed by atoms with Crippen molar-refractivity contribution < 1.29 is 0 Å². The van der Waals surface area contributed by atoms with Gasteiger partial charge in [-0.25, -0.2) is 4.98 Å². The van der Waals surface area contributed by atoms with Crippen LogP contribution >= 0.6 is 0 Å². The average molecular weight is 183 g/mol. The summed E-state index contributed by atoms with van der Waals surface area (Å²) < 4.78 is 0. The number of fused-ring (bicyclic) bond motifs is 3. The van der Waals surface area contributed by atoms with Crippen LogP contribution in [0.5, 0.6) is 0 Å². The van der Waals surface area contributed by atoms with Crippen LogP contribution < -0.4 is 0 Å². The minimum Gasteiger partial charge on any atom is -0.339 e. The molecule has 68 valence electrons. The third kappa shape index (κ3) is 0.988. The normalized spacial score (nSPS) is 14.3. The Hall–Kier alpha value is -1.90. The molecule has 2 aromatic rings. The van der Waals surface area contributed by atoms with Gasteiger partial charge in [0.1, 0.15) is 5.65 Å². The zero-order valence-corrected chi connectivity index (χ0v) is 7.57. The molecule has 3 heterocycles. The molecule has 2 aromatic heterocycles. The van der Waals surface area contributed by atoms with Crippen molar-refractivity contribution >= 4 is 23.3 Å². The van der Waals surface area contributed by atoms with Crippen LogP contribution in [0.3, 0.4) is 0 Å². The Morgan fingerprint density at radius 3 is 3.36 bits per heavy atom. The molecule has 0 unspecified atom stereocenters. The van der Waals surface area contributed by atoms with Crippen LogP contribution in [0.1, 0.15) is 11.3 Å². The molecule has 1 N–H and O–H groups in total. The highest BCUT2D eigenvalue weighted by Crippen LogP contribution is 2.21. The maximum Gasteiger partial charge on any atom is 0.138 e. The van der Waals surface area contributed by atoms with E-state index in [-0.39, 0.29) is 0 Å². The minimum absolute atomic E-state index is 0.754. The topological polar surface area (TPSA) is 41.0 Å². The Morgan fingerprint density at radius 1 is 1.36 bits per heavy atom. The Bertz CT molecular complexity index is 534. The van der Waals surface area contributed by atoms with Gasteiger partial charge in [-0.15, -0.1) is 0 Å². The van der Waals surface area contributed by atoms with Crippen LogP contribution in [-0.4, -0.2) is 22.7 Å². The summed E-state index contributed by atoms with van der Waals surface area (Å²) >= 11 is 0. The molecule has 0 radical (unpaired) electrons. The molecule has 3 rings (SSSR count). The first-order chi connectivity index (χ1) is 6.95. The summed E-state index contributed by atoms with van der Waals surface area (Å²) in [4.78, 5) is 11.8. The summed E-state index contributed by atoms with van der Waals surface area (Å²) in [5.41, 5.74) is 3.16. The summed E-state index contributed by atoms with van der Waals surface area (Å²) in [6, 6.07) is 4.00. The van der Waals surface area contributed by atoms with E-state index in [9.17, 15) is 0 Å². The highest BCUT2D eigenvalue weighted by molar-refractivity contribution is 6.02. The molecule has 0 atom stereocenters. The van der Waals surface area contributed by atoms with Crippen LogP contribution in [0.25, 0.3) is 17.1 Å². The van der Waals surface area contributed by atoms with E-state index < -0.39 is 0 Å². The third-order valence-electron chi connectivity index (χ3n) is 2.36. The lowest BCUT2D eigenvalue weighted by Crippen LogP contribution is -1.80. The van der Waals surface area contributed by atoms with E-state index in [1.54, 1.807) is 6.20 Å². The summed E-state index contributed by atoms with van der Waals surface area (Å²) in [6.45, 7) is 0.754. The Labute approximate surface area is 81.2 Å². The molecule has 0 saturated heterocycles. The first kappa shape index (κ1) is 7.50. The monoisotopic (exact) mass is 183 g/mol. The molecule has 14 heavy (non-hydrogen) atoms. The molecule has 0 amide bonds. The molecule has 0 aliphatic carbocycles. The Balaban J connectivity index is 2.41. The summed E-state index contributed by atoms with van der Waals surface area (Å²) in [5.74, 6) is 0. The second kappa shape index (κ2) is 2.80.